The van der Waals surface area contributed by atoms with Gasteiger partial charge in [0.1, 0.15) is 5.82 Å². The highest BCUT2D eigenvalue weighted by Crippen LogP contribution is 2.33. The molecule has 100 valence electrons. The van der Waals surface area contributed by atoms with Gasteiger partial charge in [0.05, 0.1) is 5.38 Å². The van der Waals surface area contributed by atoms with E-state index in [9.17, 15) is 4.39 Å². The van der Waals surface area contributed by atoms with Crippen molar-refractivity contribution in [3.8, 4) is 0 Å². The van der Waals surface area contributed by atoms with E-state index < -0.39 is 5.38 Å². The minimum Gasteiger partial charge on any atom is -0.206 e. The highest BCUT2D eigenvalue weighted by Gasteiger charge is 2.15. The van der Waals surface area contributed by atoms with Crippen LogP contribution in [0.4, 0.5) is 4.39 Å². The molecule has 0 aliphatic carbocycles. The molecule has 0 N–H and O–H groups in total. The van der Waals surface area contributed by atoms with Gasteiger partial charge in [-0.1, -0.05) is 35.3 Å². The van der Waals surface area contributed by atoms with Crippen LogP contribution in [0.5, 0.6) is 0 Å². The van der Waals surface area contributed by atoms with Crippen molar-refractivity contribution < 1.29 is 4.39 Å². The van der Waals surface area contributed by atoms with Gasteiger partial charge in [0.2, 0.25) is 0 Å². The summed E-state index contributed by atoms with van der Waals surface area (Å²) in [5.41, 5.74) is 2.78. The van der Waals surface area contributed by atoms with Crippen LogP contribution < -0.4 is 0 Å². The monoisotopic (exact) mass is 316 g/mol. The number of alkyl halides is 1. The molecule has 0 saturated carbocycles. The standard InChI is InChI=1S/C15H12Cl3F/c1-8-3-10(4-9(2)15(8)19)14(18)11-5-12(16)7-13(17)6-11/h3-7,14H,1-2H3. The minimum absolute atomic E-state index is 0.197. The van der Waals surface area contributed by atoms with E-state index in [-0.39, 0.29) is 5.82 Å². The summed E-state index contributed by atoms with van der Waals surface area (Å²) in [7, 11) is 0. The quantitative estimate of drug-likeness (QED) is 0.589. The summed E-state index contributed by atoms with van der Waals surface area (Å²) >= 11 is 18.4. The first-order valence-corrected chi connectivity index (χ1v) is 6.94. The fraction of sp³-hybridized carbons (Fsp3) is 0.200. The Labute approximate surface area is 127 Å². The molecule has 0 aliphatic rings. The van der Waals surface area contributed by atoms with Gasteiger partial charge in [-0.25, -0.2) is 4.39 Å². The van der Waals surface area contributed by atoms with Crippen LogP contribution in [-0.4, -0.2) is 0 Å². The number of aryl methyl sites for hydroxylation is 2. The lowest BCUT2D eigenvalue weighted by Gasteiger charge is -2.14. The predicted octanol–water partition coefficient (Wildman–Crippen LogP) is 6.08. The van der Waals surface area contributed by atoms with Gasteiger partial charge in [0.25, 0.3) is 0 Å². The average molecular weight is 318 g/mol. The average Bonchev–Trinajstić information content (AvgIpc) is 2.33. The lowest BCUT2D eigenvalue weighted by Crippen LogP contribution is -1.98. The molecular formula is C15H12Cl3F. The summed E-state index contributed by atoms with van der Waals surface area (Å²) in [4.78, 5) is 0. The summed E-state index contributed by atoms with van der Waals surface area (Å²) in [5.74, 6) is -0.197. The zero-order valence-corrected chi connectivity index (χ0v) is 12.7. The van der Waals surface area contributed by atoms with E-state index in [0.29, 0.717) is 21.2 Å². The maximum Gasteiger partial charge on any atom is 0.129 e. The fourth-order valence-corrected chi connectivity index (χ4v) is 2.83. The molecule has 2 aromatic carbocycles. The molecule has 2 aromatic rings. The van der Waals surface area contributed by atoms with E-state index in [1.54, 1.807) is 44.2 Å². The SMILES string of the molecule is Cc1cc(C(Cl)c2cc(Cl)cc(Cl)c2)cc(C)c1F. The lowest BCUT2D eigenvalue weighted by atomic mass is 10.00. The molecule has 0 nitrogen and oxygen atoms in total. The van der Waals surface area contributed by atoms with Crippen molar-refractivity contribution >= 4 is 34.8 Å². The minimum atomic E-state index is -0.408. The van der Waals surface area contributed by atoms with Crippen molar-refractivity contribution in [1.82, 2.24) is 0 Å². The molecule has 0 aromatic heterocycles. The number of rotatable bonds is 2. The molecule has 0 heterocycles. The van der Waals surface area contributed by atoms with Crippen LogP contribution >= 0.6 is 34.8 Å². The molecule has 4 heteroatoms. The number of hydrogen-bond acceptors (Lipinski definition) is 0. The predicted molar refractivity (Wildman–Crippen MR) is 80.0 cm³/mol. The van der Waals surface area contributed by atoms with Crippen LogP contribution in [0.25, 0.3) is 0 Å². The topological polar surface area (TPSA) is 0 Å². The molecule has 0 spiro atoms. The molecule has 19 heavy (non-hydrogen) atoms. The van der Waals surface area contributed by atoms with Crippen LogP contribution in [0, 0.1) is 19.7 Å². The van der Waals surface area contributed by atoms with Crippen molar-refractivity contribution in [2.75, 3.05) is 0 Å². The van der Waals surface area contributed by atoms with Crippen molar-refractivity contribution in [1.29, 1.82) is 0 Å². The molecule has 2 rings (SSSR count). The van der Waals surface area contributed by atoms with Crippen molar-refractivity contribution in [2.45, 2.75) is 19.2 Å². The smallest absolute Gasteiger partial charge is 0.129 e. The van der Waals surface area contributed by atoms with Crippen LogP contribution in [0.2, 0.25) is 10.0 Å². The van der Waals surface area contributed by atoms with Crippen LogP contribution in [0.3, 0.4) is 0 Å². The Kier molecular flexibility index (Phi) is 4.39. The second kappa shape index (κ2) is 5.70. The molecule has 0 aliphatic heterocycles. The van der Waals surface area contributed by atoms with Crippen LogP contribution in [-0.2, 0) is 0 Å². The Balaban J connectivity index is 2.46. The number of halogens is 4. The molecule has 0 fully saturated rings. The largest absolute Gasteiger partial charge is 0.206 e. The second-order valence-corrected chi connectivity index (χ2v) is 5.84. The zero-order valence-electron chi connectivity index (χ0n) is 10.5. The highest BCUT2D eigenvalue weighted by molar-refractivity contribution is 6.35. The van der Waals surface area contributed by atoms with Crippen molar-refractivity contribution in [2.24, 2.45) is 0 Å². The van der Waals surface area contributed by atoms with Gasteiger partial charge < -0.3 is 0 Å². The summed E-state index contributed by atoms with van der Waals surface area (Å²) in [6.45, 7) is 3.45. The Morgan fingerprint density at radius 3 is 1.74 bits per heavy atom. The van der Waals surface area contributed by atoms with Gasteiger partial charge in [-0.15, -0.1) is 11.6 Å². The number of benzene rings is 2. The van der Waals surface area contributed by atoms with E-state index in [2.05, 4.69) is 0 Å². The van der Waals surface area contributed by atoms with Crippen molar-refractivity contribution in [3.05, 3.63) is 68.4 Å². The molecule has 0 saturated heterocycles. The maximum atomic E-state index is 13.6. The van der Waals surface area contributed by atoms with Gasteiger partial charge in [0.15, 0.2) is 0 Å². The van der Waals surface area contributed by atoms with Crippen LogP contribution in [0.15, 0.2) is 30.3 Å². The zero-order chi connectivity index (χ0) is 14.2. The molecule has 1 atom stereocenters. The van der Waals surface area contributed by atoms with Gasteiger partial charge in [0, 0.05) is 10.0 Å². The molecular weight excluding hydrogens is 306 g/mol. The summed E-state index contributed by atoms with van der Waals surface area (Å²) in [6.07, 6.45) is 0. The first kappa shape index (κ1) is 14.6. The van der Waals surface area contributed by atoms with Crippen molar-refractivity contribution in [3.63, 3.8) is 0 Å². The Morgan fingerprint density at radius 2 is 1.26 bits per heavy atom. The van der Waals surface area contributed by atoms with E-state index in [0.717, 1.165) is 11.1 Å². The summed E-state index contributed by atoms with van der Waals surface area (Å²) in [6, 6.07) is 8.67. The summed E-state index contributed by atoms with van der Waals surface area (Å²) in [5, 5.41) is 0.654. The van der Waals surface area contributed by atoms with E-state index >= 15 is 0 Å². The van der Waals surface area contributed by atoms with Crippen LogP contribution in [0.1, 0.15) is 27.6 Å². The number of hydrogen-bond donors (Lipinski definition) is 0. The third-order valence-corrected chi connectivity index (χ3v) is 3.87. The second-order valence-electron chi connectivity index (χ2n) is 4.53. The van der Waals surface area contributed by atoms with E-state index in [1.807, 2.05) is 0 Å². The maximum absolute atomic E-state index is 13.6. The lowest BCUT2D eigenvalue weighted by molar-refractivity contribution is 0.608. The highest BCUT2D eigenvalue weighted by atomic mass is 35.5. The molecule has 0 bridgehead atoms. The first-order chi connectivity index (χ1) is 8.88. The Hall–Kier alpha value is -0.760. The Morgan fingerprint density at radius 1 is 0.842 bits per heavy atom. The van der Waals surface area contributed by atoms with Gasteiger partial charge in [-0.2, -0.15) is 0 Å². The van der Waals surface area contributed by atoms with E-state index in [1.165, 1.54) is 0 Å². The molecule has 0 amide bonds. The third-order valence-electron chi connectivity index (χ3n) is 2.93. The van der Waals surface area contributed by atoms with Gasteiger partial charge in [-0.05, 0) is 54.3 Å². The molecule has 0 radical (unpaired) electrons. The Bertz CT molecular complexity index is 580. The fourth-order valence-electron chi connectivity index (χ4n) is 2.04. The molecule has 1 unspecified atom stereocenters. The van der Waals surface area contributed by atoms with E-state index in [4.69, 9.17) is 34.8 Å². The van der Waals surface area contributed by atoms with Gasteiger partial charge >= 0.3 is 0 Å². The summed E-state index contributed by atoms with van der Waals surface area (Å²) < 4.78 is 13.6. The first-order valence-electron chi connectivity index (χ1n) is 5.75. The normalized spacial score (nSPS) is 12.5. The third kappa shape index (κ3) is 3.22. The van der Waals surface area contributed by atoms with Gasteiger partial charge in [-0.3, -0.25) is 0 Å².